The van der Waals surface area contributed by atoms with Gasteiger partial charge in [-0.2, -0.15) is 5.10 Å². The maximum atomic E-state index is 12.1. The minimum Gasteiger partial charge on any atom is -0.506 e. The molecule has 0 fully saturated rings. The van der Waals surface area contributed by atoms with Crippen LogP contribution in [0.1, 0.15) is 52.2 Å². The van der Waals surface area contributed by atoms with E-state index in [1.54, 1.807) is 6.07 Å². The maximum Gasteiger partial charge on any atom is 0.311 e. The van der Waals surface area contributed by atoms with Gasteiger partial charge in [-0.1, -0.05) is 40.7 Å². The van der Waals surface area contributed by atoms with E-state index >= 15 is 0 Å². The number of carbonyl (C=O) groups excluding carboxylic acids is 1. The molecule has 0 bridgehead atoms. The topological polar surface area (TPSA) is 157 Å². The average molecular weight is 551 g/mol. The second-order valence-electron chi connectivity index (χ2n) is 9.77. The summed E-state index contributed by atoms with van der Waals surface area (Å²) in [5, 5.41) is 36.2. The van der Waals surface area contributed by atoms with Crippen molar-refractivity contribution in [2.75, 3.05) is 6.61 Å². The third-order valence-electron chi connectivity index (χ3n) is 4.95. The zero-order valence-corrected chi connectivity index (χ0v) is 21.6. The van der Waals surface area contributed by atoms with Crippen LogP contribution in [0.25, 0.3) is 0 Å². The number of ether oxygens (including phenoxy) is 1. The molecule has 2 aromatic rings. The van der Waals surface area contributed by atoms with Gasteiger partial charge in [0.2, 0.25) is 0 Å². The number of hydrogen-bond donors (Lipinski definition) is 2. The van der Waals surface area contributed by atoms with Gasteiger partial charge in [0.1, 0.15) is 5.75 Å². The van der Waals surface area contributed by atoms with Crippen molar-refractivity contribution in [1.82, 2.24) is 5.43 Å². The number of carbonyl (C=O) groups is 1. The van der Waals surface area contributed by atoms with Crippen molar-refractivity contribution >= 4 is 39.4 Å². The van der Waals surface area contributed by atoms with E-state index in [1.807, 2.05) is 13.8 Å². The molecule has 0 saturated heterocycles. The molecule has 0 aromatic heterocycles. The number of non-ortho nitro benzene ring substituents is 1. The molecule has 0 spiro atoms. The van der Waals surface area contributed by atoms with Gasteiger partial charge in [-0.25, -0.2) is 5.43 Å². The number of nitro benzene ring substituents is 2. The Hall–Kier alpha value is -3.54. The normalized spacial score (nSPS) is 11.9. The summed E-state index contributed by atoms with van der Waals surface area (Å²) < 4.78 is 5.44. The van der Waals surface area contributed by atoms with Gasteiger partial charge >= 0.3 is 5.69 Å². The summed E-state index contributed by atoms with van der Waals surface area (Å²) in [5.74, 6) is -1.09. The van der Waals surface area contributed by atoms with Crippen LogP contribution in [0.3, 0.4) is 0 Å². The zero-order chi connectivity index (χ0) is 26.6. The summed E-state index contributed by atoms with van der Waals surface area (Å²) >= 11 is 3.01. The van der Waals surface area contributed by atoms with Crippen LogP contribution in [0.5, 0.6) is 11.5 Å². The largest absolute Gasteiger partial charge is 0.506 e. The molecule has 0 heterocycles. The zero-order valence-electron chi connectivity index (χ0n) is 20.0. The van der Waals surface area contributed by atoms with Gasteiger partial charge in [-0.15, -0.1) is 0 Å². The lowest BCUT2D eigenvalue weighted by atomic mass is 9.72. The van der Waals surface area contributed by atoms with Crippen LogP contribution >= 0.6 is 15.9 Å². The van der Waals surface area contributed by atoms with Gasteiger partial charge < -0.3 is 9.84 Å². The molecule has 2 rings (SSSR count). The molecule has 12 heteroatoms. The second-order valence-corrected chi connectivity index (χ2v) is 10.6. The van der Waals surface area contributed by atoms with Crippen molar-refractivity contribution < 1.29 is 24.5 Å². The molecule has 0 aliphatic heterocycles. The lowest BCUT2D eigenvalue weighted by molar-refractivity contribution is -0.385. The number of aromatic hydroxyl groups is 1. The lowest BCUT2D eigenvalue weighted by Crippen LogP contribution is -2.26. The highest BCUT2D eigenvalue weighted by Crippen LogP contribution is 2.39. The first-order chi connectivity index (χ1) is 16.1. The smallest absolute Gasteiger partial charge is 0.311 e. The lowest BCUT2D eigenvalue weighted by Gasteiger charge is -2.33. The van der Waals surface area contributed by atoms with Crippen LogP contribution in [0.15, 0.2) is 39.9 Å². The van der Waals surface area contributed by atoms with Crippen LogP contribution in [0.4, 0.5) is 11.4 Å². The summed E-state index contributed by atoms with van der Waals surface area (Å²) in [6, 6.07) is 6.88. The molecule has 2 aromatic carbocycles. The highest BCUT2D eigenvalue weighted by molar-refractivity contribution is 9.10. The summed E-state index contributed by atoms with van der Waals surface area (Å²) in [4.78, 5) is 33.5. The van der Waals surface area contributed by atoms with Gasteiger partial charge in [-0.05, 0) is 44.8 Å². The predicted octanol–water partition coefficient (Wildman–Crippen LogP) is 5.21. The van der Waals surface area contributed by atoms with E-state index in [-0.39, 0.29) is 43.7 Å². The Morgan fingerprint density at radius 1 is 1.14 bits per heavy atom. The van der Waals surface area contributed by atoms with Gasteiger partial charge in [0.15, 0.2) is 12.4 Å². The van der Waals surface area contributed by atoms with E-state index < -0.39 is 22.4 Å². The van der Waals surface area contributed by atoms with Crippen LogP contribution in [-0.4, -0.2) is 33.7 Å². The summed E-state index contributed by atoms with van der Waals surface area (Å²) in [5.41, 5.74) is 2.08. The van der Waals surface area contributed by atoms with Gasteiger partial charge in [0, 0.05) is 23.8 Å². The number of phenols is 1. The van der Waals surface area contributed by atoms with E-state index in [0.29, 0.717) is 0 Å². The molecule has 0 aliphatic rings. The first-order valence-electron chi connectivity index (χ1n) is 10.5. The molecule has 11 nitrogen and oxygen atoms in total. The molecule has 0 saturated carbocycles. The van der Waals surface area contributed by atoms with Crippen molar-refractivity contribution in [2.24, 2.45) is 10.5 Å². The Morgan fingerprint density at radius 3 is 2.37 bits per heavy atom. The quantitative estimate of drug-likeness (QED) is 0.246. The molecule has 0 aliphatic carbocycles. The summed E-state index contributed by atoms with van der Waals surface area (Å²) in [7, 11) is 0. The van der Waals surface area contributed by atoms with Gasteiger partial charge in [0.05, 0.1) is 20.5 Å². The van der Waals surface area contributed by atoms with Crippen LogP contribution in [0, 0.1) is 25.6 Å². The Bertz CT molecular complexity index is 1170. The molecule has 2 N–H and O–H groups in total. The predicted molar refractivity (Wildman–Crippen MR) is 134 cm³/mol. The number of nitrogens with one attached hydrogen (secondary N) is 1. The van der Waals surface area contributed by atoms with Crippen molar-refractivity contribution in [3.8, 4) is 11.5 Å². The first kappa shape index (κ1) is 27.7. The first-order valence-corrected chi connectivity index (χ1v) is 11.3. The standard InChI is InChI=1S/C23H27BrN4O7/c1-22(2,3)13-23(4,5)15-6-7-19(18(9-15)28(33)34)35-12-20(29)26-25-11-14-8-16(27(31)32)10-17(24)21(14)30/h6-11,30H,12-13H2,1-5H3,(H,26,29). The molecule has 35 heavy (non-hydrogen) atoms. The molecular formula is C23H27BrN4O7. The number of hydrazone groups is 1. The average Bonchev–Trinajstić information content (AvgIpc) is 2.73. The Balaban J connectivity index is 2.10. The third-order valence-corrected chi connectivity index (χ3v) is 5.55. The maximum absolute atomic E-state index is 12.1. The molecular weight excluding hydrogens is 524 g/mol. The number of benzene rings is 2. The van der Waals surface area contributed by atoms with Crippen LogP contribution in [-0.2, 0) is 10.2 Å². The van der Waals surface area contributed by atoms with Crippen molar-refractivity contribution in [3.63, 3.8) is 0 Å². The Kier molecular flexibility index (Phi) is 8.55. The molecule has 1 amide bonds. The molecule has 0 radical (unpaired) electrons. The summed E-state index contributed by atoms with van der Waals surface area (Å²) in [6.07, 6.45) is 1.83. The van der Waals surface area contributed by atoms with Gasteiger partial charge in [-0.3, -0.25) is 25.0 Å². The number of nitro groups is 2. The Labute approximate surface area is 210 Å². The van der Waals surface area contributed by atoms with Crippen molar-refractivity contribution in [3.05, 3.63) is 66.2 Å². The fourth-order valence-corrected chi connectivity index (χ4v) is 4.25. The fourth-order valence-electron chi connectivity index (χ4n) is 3.79. The van der Waals surface area contributed by atoms with Crippen molar-refractivity contribution in [2.45, 2.75) is 46.5 Å². The number of hydrogen-bond acceptors (Lipinski definition) is 8. The Morgan fingerprint density at radius 2 is 1.80 bits per heavy atom. The molecule has 0 atom stereocenters. The second kappa shape index (κ2) is 10.8. The number of amides is 1. The number of rotatable bonds is 9. The van der Waals surface area contributed by atoms with Gasteiger partial charge in [0.25, 0.3) is 11.6 Å². The highest BCUT2D eigenvalue weighted by atomic mass is 79.9. The highest BCUT2D eigenvalue weighted by Gasteiger charge is 2.30. The van der Waals surface area contributed by atoms with E-state index in [4.69, 9.17) is 4.74 Å². The number of nitrogens with zero attached hydrogens (tertiary/aromatic N) is 3. The number of phenolic OH excluding ortho intramolecular Hbond substituents is 1. The SMILES string of the molecule is CC(C)(C)CC(C)(C)c1ccc(OCC(=O)NN=Cc2cc([N+](=O)[O-])cc(Br)c2O)c([N+](=O)[O-])c1. The van der Waals surface area contributed by atoms with E-state index in [9.17, 15) is 30.1 Å². The summed E-state index contributed by atoms with van der Waals surface area (Å²) in [6.45, 7) is 9.76. The molecule has 188 valence electrons. The minimum absolute atomic E-state index is 0.00334. The van der Waals surface area contributed by atoms with E-state index in [0.717, 1.165) is 30.3 Å². The molecule has 0 unspecified atom stereocenters. The van der Waals surface area contributed by atoms with E-state index in [1.165, 1.54) is 12.1 Å². The monoisotopic (exact) mass is 550 g/mol. The fraction of sp³-hybridized carbons (Fsp3) is 0.391. The third kappa shape index (κ3) is 7.74. The minimum atomic E-state index is -0.725. The number of halogens is 1. The van der Waals surface area contributed by atoms with E-state index in [2.05, 4.69) is 47.2 Å². The van der Waals surface area contributed by atoms with Crippen molar-refractivity contribution in [1.29, 1.82) is 0 Å². The van der Waals surface area contributed by atoms with Crippen LogP contribution < -0.4 is 10.2 Å². The van der Waals surface area contributed by atoms with Crippen LogP contribution in [0.2, 0.25) is 0 Å².